The molecule has 0 aromatic heterocycles. The number of carboxylic acid groups (broad SMARTS) is 1. The van der Waals surface area contributed by atoms with Crippen LogP contribution in [0.2, 0.25) is 0 Å². The van der Waals surface area contributed by atoms with E-state index < -0.39 is 59.1 Å². The van der Waals surface area contributed by atoms with Crippen LogP contribution in [-0.2, 0) is 83.0 Å². The largest absolute Gasteiger partial charge is 0.497 e. The van der Waals surface area contributed by atoms with E-state index in [1.54, 1.807) is 54.0 Å². The van der Waals surface area contributed by atoms with Crippen LogP contribution in [0.25, 0.3) is 0 Å². The summed E-state index contributed by atoms with van der Waals surface area (Å²) >= 11 is 0. The van der Waals surface area contributed by atoms with Gasteiger partial charge in [0, 0.05) is 50.9 Å². The highest BCUT2D eigenvalue weighted by Gasteiger charge is 2.51. The van der Waals surface area contributed by atoms with Crippen molar-refractivity contribution >= 4 is 46.8 Å². The van der Waals surface area contributed by atoms with Crippen LogP contribution in [0.1, 0.15) is 70.2 Å². The van der Waals surface area contributed by atoms with E-state index in [9.17, 15) is 38.4 Å². The molecule has 0 bridgehead atoms. The minimum Gasteiger partial charge on any atom is -0.497 e. The summed E-state index contributed by atoms with van der Waals surface area (Å²) in [6.45, 7) is 12.9. The van der Waals surface area contributed by atoms with Gasteiger partial charge in [0.1, 0.15) is 28.5 Å². The third-order valence-corrected chi connectivity index (χ3v) is 15.2. The van der Waals surface area contributed by atoms with Gasteiger partial charge in [0.2, 0.25) is 17.7 Å². The Labute approximate surface area is 505 Å². The van der Waals surface area contributed by atoms with Crippen LogP contribution in [0, 0.1) is 11.8 Å². The second kappa shape index (κ2) is 34.2. The van der Waals surface area contributed by atoms with Crippen molar-refractivity contribution in [2.45, 2.75) is 109 Å². The fraction of sp³-hybridized carbons (Fsp3) is 0.508. The molecule has 4 heterocycles. The van der Waals surface area contributed by atoms with Crippen molar-refractivity contribution in [1.82, 2.24) is 25.8 Å². The summed E-state index contributed by atoms with van der Waals surface area (Å²) in [5.74, 6) is -2.62. The zero-order valence-corrected chi connectivity index (χ0v) is 49.7. The van der Waals surface area contributed by atoms with Crippen LogP contribution in [-0.4, -0.2) is 190 Å². The fourth-order valence-corrected chi connectivity index (χ4v) is 9.67. The molecule has 4 saturated heterocycles. The lowest BCUT2D eigenvalue weighted by Gasteiger charge is -2.27. The van der Waals surface area contributed by atoms with Gasteiger partial charge in [0.25, 0.3) is 0 Å². The minimum absolute atomic E-state index is 0. The van der Waals surface area contributed by atoms with Gasteiger partial charge < -0.3 is 55.2 Å². The third-order valence-electron chi connectivity index (χ3n) is 15.2. The van der Waals surface area contributed by atoms with Crippen molar-refractivity contribution < 1.29 is 71.9 Å². The molecule has 4 unspecified atom stereocenters. The van der Waals surface area contributed by atoms with Crippen molar-refractivity contribution in [3.8, 4) is 11.5 Å². The molecule has 8 atom stereocenters. The molecule has 4 aromatic carbocycles. The van der Waals surface area contributed by atoms with Gasteiger partial charge in [-0.1, -0.05) is 92.4 Å². The predicted octanol–water partition coefficient (Wildman–Crippen LogP) is 4.02. The Balaban J connectivity index is 0.000000272. The molecule has 3 amide bonds. The average molecular weight is 1190 g/mol. The van der Waals surface area contributed by atoms with Gasteiger partial charge in [-0.05, 0) is 99.9 Å². The van der Waals surface area contributed by atoms with Gasteiger partial charge in [-0.2, -0.15) is 0 Å². The van der Waals surface area contributed by atoms with E-state index in [1.807, 2.05) is 107 Å². The Hall–Kier alpha value is -7.24. The van der Waals surface area contributed by atoms with Crippen LogP contribution in [0.3, 0.4) is 0 Å². The smallest absolute Gasteiger partial charge is 0.317 e. The van der Waals surface area contributed by atoms with E-state index >= 15 is 0 Å². The molecule has 4 aromatic rings. The number of carbonyl (C=O) groups is 8. The molecule has 21 heteroatoms. The van der Waals surface area contributed by atoms with Crippen molar-refractivity contribution in [2.24, 2.45) is 17.6 Å². The number of nitrogens with zero attached hydrogens (tertiary/aromatic N) is 2. The summed E-state index contributed by atoms with van der Waals surface area (Å²) in [7, 11) is 3.16. The number of epoxide rings is 2. The highest BCUT2D eigenvalue weighted by molar-refractivity contribution is 5.99. The van der Waals surface area contributed by atoms with Gasteiger partial charge in [-0.15, -0.1) is 0 Å². The maximum Gasteiger partial charge on any atom is 0.317 e. The number of Topliss-reactive ketones (excluding diaryl/α,β-unsaturated/α-hetero) is 4. The molecule has 86 heavy (non-hydrogen) atoms. The lowest BCUT2D eigenvalue weighted by molar-refractivity contribution is -0.139. The minimum atomic E-state index is -0.923. The van der Waals surface area contributed by atoms with Crippen molar-refractivity contribution in [3.05, 3.63) is 131 Å². The molecule has 4 fully saturated rings. The number of nitrogens with one attached hydrogen (secondary N) is 3. The average Bonchev–Trinajstić information content (AvgIpc) is 2.84. The maximum absolute atomic E-state index is 13.8. The fourth-order valence-electron chi connectivity index (χ4n) is 9.67. The number of nitrogens with two attached hydrogens (primary N) is 1. The highest BCUT2D eigenvalue weighted by atomic mass is 16.6. The standard InChI is InChI=1S/C32H41N3O7.C26H32N2O5.C6H11NO3.CH4/c1-22(33-29(37)20-35-13-15-41-16-14-35)28(36)19-25(17-24-9-11-26(40-3)12-10-24)31(39)34-27(30(38)32(2)21-42-32)18-23-7-5-4-6-8-23;1-17(27)23(29)15-20(13-19-9-11-21(32-3)12-10-19)25(31)28-22(24(30)26(2)16-33-26)14-18-7-5-4-6-8-18;8-6(9)5-7-1-3-10-4-2-7;/h4-12,22,25,27H,13-21H2,1-3H3,(H,33,37)(H,34,39);4-12,17,20,22H,13-16,27H2,1-3H3,(H,28,31);1-5H2,(H,8,9);1H4/t22-,25+,27-,32?;17-,20?,22?,26?;;/m00../s1. The summed E-state index contributed by atoms with van der Waals surface area (Å²) in [6.07, 6.45) is 1.17. The van der Waals surface area contributed by atoms with Crippen LogP contribution < -0.4 is 31.2 Å². The maximum atomic E-state index is 13.8. The van der Waals surface area contributed by atoms with Gasteiger partial charge in [0.15, 0.2) is 17.3 Å². The second-order valence-corrected chi connectivity index (χ2v) is 22.4. The van der Waals surface area contributed by atoms with Gasteiger partial charge in [-0.3, -0.25) is 48.2 Å². The number of methoxy groups -OCH3 is 2. The van der Waals surface area contributed by atoms with E-state index in [4.69, 9.17) is 39.3 Å². The Kier molecular flexibility index (Phi) is 27.6. The van der Waals surface area contributed by atoms with Gasteiger partial charge in [-0.25, -0.2) is 0 Å². The lowest BCUT2D eigenvalue weighted by Crippen LogP contribution is -2.50. The summed E-state index contributed by atoms with van der Waals surface area (Å²) in [6, 6.07) is 30.6. The first kappa shape index (κ1) is 69.5. The molecule has 4 aliphatic heterocycles. The quantitative estimate of drug-likeness (QED) is 0.0480. The van der Waals surface area contributed by atoms with Crippen molar-refractivity contribution in [1.29, 1.82) is 0 Å². The Morgan fingerprint density at radius 1 is 0.547 bits per heavy atom. The summed E-state index contributed by atoms with van der Waals surface area (Å²) in [5, 5.41) is 17.0. The number of hydrogen-bond acceptors (Lipinski definition) is 17. The number of ether oxygens (including phenoxy) is 6. The van der Waals surface area contributed by atoms with Crippen LogP contribution in [0.4, 0.5) is 0 Å². The number of morpholine rings is 2. The highest BCUT2D eigenvalue weighted by Crippen LogP contribution is 2.31. The molecule has 0 aliphatic carbocycles. The van der Waals surface area contributed by atoms with E-state index in [0.29, 0.717) is 83.5 Å². The Bertz CT molecular complexity index is 2820. The first-order valence-corrected chi connectivity index (χ1v) is 28.9. The molecule has 0 spiro atoms. The Morgan fingerprint density at radius 2 is 0.907 bits per heavy atom. The Morgan fingerprint density at radius 3 is 1.26 bits per heavy atom. The molecule has 0 saturated carbocycles. The predicted molar refractivity (Wildman–Crippen MR) is 323 cm³/mol. The van der Waals surface area contributed by atoms with E-state index in [-0.39, 0.29) is 74.7 Å². The number of carbonyl (C=O) groups excluding carboxylic acids is 7. The van der Waals surface area contributed by atoms with E-state index in [0.717, 1.165) is 35.3 Å². The van der Waals surface area contributed by atoms with Crippen molar-refractivity contribution in [2.75, 3.05) is 93.1 Å². The number of aliphatic carboxylic acids is 1. The second-order valence-electron chi connectivity index (χ2n) is 22.4. The number of carboxylic acids is 1. The first-order chi connectivity index (χ1) is 40.7. The molecule has 0 radical (unpaired) electrons. The number of rotatable bonds is 29. The normalized spacial score (nSPS) is 20.0. The zero-order chi connectivity index (χ0) is 61.5. The summed E-state index contributed by atoms with van der Waals surface area (Å²) < 4.78 is 31.6. The topological polar surface area (TPSA) is 287 Å². The SMILES string of the molecule is C.COc1ccc(CC(CC(=O)[C@H](C)N)C(=O)NC(Cc2ccccc2)C(=O)C2(C)CO2)cc1.COc1ccc(C[C@H](CC(=O)[C@H](C)NC(=O)CN2CCOCC2)C(=O)N[C@@H](Cc2ccccc2)C(=O)C2(C)CO2)cc1.O=C(O)CN1CCOCC1. The van der Waals surface area contributed by atoms with Gasteiger partial charge >= 0.3 is 5.97 Å². The number of amides is 3. The lowest BCUT2D eigenvalue weighted by atomic mass is 9.89. The summed E-state index contributed by atoms with van der Waals surface area (Å²) in [4.78, 5) is 106. The van der Waals surface area contributed by atoms with Crippen LogP contribution >= 0.6 is 0 Å². The van der Waals surface area contributed by atoms with Gasteiger partial charge in [0.05, 0.1) is 91.1 Å². The molecular formula is C65H88N6O15. The van der Waals surface area contributed by atoms with Crippen LogP contribution in [0.15, 0.2) is 109 Å². The molecule has 4 aliphatic rings. The van der Waals surface area contributed by atoms with Crippen molar-refractivity contribution in [3.63, 3.8) is 0 Å². The molecule has 21 nitrogen and oxygen atoms in total. The first-order valence-electron chi connectivity index (χ1n) is 28.9. The zero-order valence-electron chi connectivity index (χ0n) is 49.7. The number of ketones is 4. The number of hydrogen-bond donors (Lipinski definition) is 5. The molecule has 8 rings (SSSR count). The third kappa shape index (κ3) is 22.9. The molecule has 468 valence electrons. The van der Waals surface area contributed by atoms with E-state index in [1.165, 1.54) is 0 Å². The molecule has 6 N–H and O–H groups in total. The monoisotopic (exact) mass is 1190 g/mol. The summed E-state index contributed by atoms with van der Waals surface area (Å²) in [5.41, 5.74) is 7.53. The number of benzene rings is 4. The van der Waals surface area contributed by atoms with Crippen LogP contribution in [0.5, 0.6) is 11.5 Å². The molecular weight excluding hydrogens is 1100 g/mol. The van der Waals surface area contributed by atoms with E-state index in [2.05, 4.69) is 16.0 Å².